The number of anilines is 3. The van der Waals surface area contributed by atoms with E-state index in [4.69, 9.17) is 10.5 Å². The Labute approximate surface area is 165 Å². The number of nitrogens with one attached hydrogen (secondary N) is 2. The molecule has 0 spiro atoms. The van der Waals surface area contributed by atoms with Crippen molar-refractivity contribution in [2.75, 3.05) is 17.6 Å². The zero-order valence-corrected chi connectivity index (χ0v) is 15.6. The van der Waals surface area contributed by atoms with Crippen LogP contribution in [0.4, 0.5) is 17.6 Å². The lowest BCUT2D eigenvalue weighted by atomic mass is 10.3. The van der Waals surface area contributed by atoms with Gasteiger partial charge in [0.1, 0.15) is 0 Å². The Morgan fingerprint density at radius 3 is 2.68 bits per heavy atom. The SMILES string of the molecule is Nc1nc(COC(=O)CCNC(=O)c2ccsc2)nc(Nc2ccccc2)n1. The Morgan fingerprint density at radius 1 is 1.11 bits per heavy atom. The molecular weight excluding hydrogens is 380 g/mol. The van der Waals surface area contributed by atoms with Crippen molar-refractivity contribution in [1.29, 1.82) is 0 Å². The van der Waals surface area contributed by atoms with Gasteiger partial charge in [-0.3, -0.25) is 9.59 Å². The number of hydrogen-bond acceptors (Lipinski definition) is 9. The highest BCUT2D eigenvalue weighted by Crippen LogP contribution is 2.13. The summed E-state index contributed by atoms with van der Waals surface area (Å²) in [7, 11) is 0. The number of amides is 1. The molecule has 4 N–H and O–H groups in total. The van der Waals surface area contributed by atoms with E-state index < -0.39 is 5.97 Å². The van der Waals surface area contributed by atoms with Gasteiger partial charge in [0, 0.05) is 23.2 Å². The number of carbonyl (C=O) groups is 2. The number of aromatic nitrogens is 3. The monoisotopic (exact) mass is 398 g/mol. The van der Waals surface area contributed by atoms with Crippen molar-refractivity contribution in [2.45, 2.75) is 13.0 Å². The Morgan fingerprint density at radius 2 is 1.93 bits per heavy atom. The van der Waals surface area contributed by atoms with Crippen LogP contribution in [0.3, 0.4) is 0 Å². The Balaban J connectivity index is 1.47. The number of hydrogen-bond donors (Lipinski definition) is 3. The van der Waals surface area contributed by atoms with Gasteiger partial charge in [-0.05, 0) is 23.6 Å². The summed E-state index contributed by atoms with van der Waals surface area (Å²) in [6, 6.07) is 11.0. The zero-order chi connectivity index (χ0) is 19.8. The fourth-order valence-electron chi connectivity index (χ4n) is 2.20. The summed E-state index contributed by atoms with van der Waals surface area (Å²) in [5, 5.41) is 9.20. The minimum Gasteiger partial charge on any atom is -0.457 e. The molecule has 1 aromatic carbocycles. The first-order valence-electron chi connectivity index (χ1n) is 8.38. The minimum absolute atomic E-state index is 0.0162. The van der Waals surface area contributed by atoms with Gasteiger partial charge < -0.3 is 21.1 Å². The molecule has 9 nitrogen and oxygen atoms in total. The second-order valence-electron chi connectivity index (χ2n) is 5.60. The average Bonchev–Trinajstić information content (AvgIpc) is 3.22. The van der Waals surface area contributed by atoms with Gasteiger partial charge in [0.2, 0.25) is 11.9 Å². The first kappa shape index (κ1) is 19.2. The number of esters is 1. The van der Waals surface area contributed by atoms with Crippen molar-refractivity contribution in [3.8, 4) is 0 Å². The van der Waals surface area contributed by atoms with Crippen LogP contribution >= 0.6 is 11.3 Å². The van der Waals surface area contributed by atoms with E-state index in [0.717, 1.165) is 5.69 Å². The van der Waals surface area contributed by atoms with Crippen LogP contribution in [0.15, 0.2) is 47.2 Å². The van der Waals surface area contributed by atoms with Crippen molar-refractivity contribution in [2.24, 2.45) is 0 Å². The molecule has 0 radical (unpaired) electrons. The number of nitrogen functional groups attached to an aromatic ring is 1. The van der Waals surface area contributed by atoms with Crippen molar-refractivity contribution in [1.82, 2.24) is 20.3 Å². The smallest absolute Gasteiger partial charge is 0.308 e. The van der Waals surface area contributed by atoms with Gasteiger partial charge in [-0.1, -0.05) is 18.2 Å². The minimum atomic E-state index is -0.484. The van der Waals surface area contributed by atoms with E-state index in [-0.39, 0.29) is 43.2 Å². The van der Waals surface area contributed by atoms with Gasteiger partial charge in [0.25, 0.3) is 5.91 Å². The van der Waals surface area contributed by atoms with Crippen LogP contribution in [-0.2, 0) is 16.1 Å². The molecule has 1 amide bonds. The highest BCUT2D eigenvalue weighted by Gasteiger charge is 2.10. The quantitative estimate of drug-likeness (QED) is 0.492. The molecule has 3 rings (SSSR count). The third-order valence-corrected chi connectivity index (χ3v) is 4.17. The molecule has 0 atom stereocenters. The second-order valence-corrected chi connectivity index (χ2v) is 6.38. The zero-order valence-electron chi connectivity index (χ0n) is 14.8. The molecule has 144 valence electrons. The normalized spacial score (nSPS) is 10.3. The van der Waals surface area contributed by atoms with Crippen LogP contribution in [0.5, 0.6) is 0 Å². The van der Waals surface area contributed by atoms with E-state index in [2.05, 4.69) is 25.6 Å². The summed E-state index contributed by atoms with van der Waals surface area (Å²) in [5.74, 6) is -0.213. The maximum Gasteiger partial charge on any atom is 0.308 e. The molecule has 0 aliphatic rings. The summed E-state index contributed by atoms with van der Waals surface area (Å²) >= 11 is 1.43. The largest absolute Gasteiger partial charge is 0.457 e. The van der Waals surface area contributed by atoms with E-state index in [1.807, 2.05) is 35.7 Å². The van der Waals surface area contributed by atoms with Crippen LogP contribution in [0, 0.1) is 0 Å². The Kier molecular flexibility index (Phi) is 6.47. The van der Waals surface area contributed by atoms with Gasteiger partial charge in [-0.25, -0.2) is 0 Å². The molecule has 0 unspecified atom stereocenters. The lowest BCUT2D eigenvalue weighted by Crippen LogP contribution is -2.26. The van der Waals surface area contributed by atoms with E-state index in [1.54, 1.807) is 11.4 Å². The van der Waals surface area contributed by atoms with Gasteiger partial charge in [0.15, 0.2) is 12.4 Å². The van der Waals surface area contributed by atoms with E-state index in [1.165, 1.54) is 11.3 Å². The molecule has 3 aromatic rings. The highest BCUT2D eigenvalue weighted by atomic mass is 32.1. The summed E-state index contributed by atoms with van der Waals surface area (Å²) in [6.07, 6.45) is 0.0333. The van der Waals surface area contributed by atoms with Crippen LogP contribution in [-0.4, -0.2) is 33.4 Å². The topological polar surface area (TPSA) is 132 Å². The number of rotatable bonds is 8. The number of nitrogens with zero attached hydrogens (tertiary/aromatic N) is 3. The first-order valence-corrected chi connectivity index (χ1v) is 9.33. The average molecular weight is 398 g/mol. The van der Waals surface area contributed by atoms with Gasteiger partial charge in [0.05, 0.1) is 6.42 Å². The molecule has 0 saturated carbocycles. The van der Waals surface area contributed by atoms with Crippen LogP contribution in [0.25, 0.3) is 0 Å². The second kappa shape index (κ2) is 9.42. The Hall–Kier alpha value is -3.53. The van der Waals surface area contributed by atoms with Crippen molar-refractivity contribution in [3.63, 3.8) is 0 Å². The molecule has 0 bridgehead atoms. The van der Waals surface area contributed by atoms with E-state index in [0.29, 0.717) is 5.56 Å². The first-order chi connectivity index (χ1) is 13.6. The summed E-state index contributed by atoms with van der Waals surface area (Å²) in [4.78, 5) is 35.8. The summed E-state index contributed by atoms with van der Waals surface area (Å²) < 4.78 is 5.14. The molecule has 0 aliphatic carbocycles. The van der Waals surface area contributed by atoms with Crippen molar-refractivity contribution in [3.05, 3.63) is 58.5 Å². The van der Waals surface area contributed by atoms with E-state index >= 15 is 0 Å². The van der Waals surface area contributed by atoms with Crippen LogP contribution in [0.2, 0.25) is 0 Å². The Bertz CT molecular complexity index is 934. The number of para-hydroxylation sites is 1. The van der Waals surface area contributed by atoms with Crippen molar-refractivity contribution >= 4 is 40.8 Å². The molecule has 0 fully saturated rings. The standard InChI is InChI=1S/C18H18N6O3S/c19-17-22-14(23-18(24-17)21-13-4-2-1-3-5-13)10-27-15(25)6-8-20-16(26)12-7-9-28-11-12/h1-5,7,9,11H,6,8,10H2,(H,20,26)(H3,19,21,22,23,24). The molecular formula is C18H18N6O3S. The number of thiophene rings is 1. The maximum absolute atomic E-state index is 11.9. The fraction of sp³-hybridized carbons (Fsp3) is 0.167. The lowest BCUT2D eigenvalue weighted by Gasteiger charge is -2.08. The van der Waals surface area contributed by atoms with E-state index in [9.17, 15) is 9.59 Å². The predicted molar refractivity (Wildman–Crippen MR) is 105 cm³/mol. The molecule has 2 heterocycles. The molecule has 0 saturated heterocycles. The number of carbonyl (C=O) groups excluding carboxylic acids is 2. The summed E-state index contributed by atoms with van der Waals surface area (Å²) in [6.45, 7) is 0.0289. The van der Waals surface area contributed by atoms with Gasteiger partial charge >= 0.3 is 5.97 Å². The number of benzene rings is 1. The third-order valence-electron chi connectivity index (χ3n) is 3.49. The van der Waals surface area contributed by atoms with Crippen LogP contribution in [0.1, 0.15) is 22.6 Å². The molecule has 28 heavy (non-hydrogen) atoms. The number of nitrogens with two attached hydrogens (primary N) is 1. The lowest BCUT2D eigenvalue weighted by molar-refractivity contribution is -0.145. The third kappa shape index (κ3) is 5.74. The predicted octanol–water partition coefficient (Wildman–Crippen LogP) is 2.12. The molecule has 0 aliphatic heterocycles. The molecule has 2 aromatic heterocycles. The van der Waals surface area contributed by atoms with Gasteiger partial charge in [-0.2, -0.15) is 26.3 Å². The molecule has 10 heteroatoms. The number of ether oxygens (including phenoxy) is 1. The van der Waals surface area contributed by atoms with Gasteiger partial charge in [-0.15, -0.1) is 0 Å². The van der Waals surface area contributed by atoms with Crippen LogP contribution < -0.4 is 16.4 Å². The summed E-state index contributed by atoms with van der Waals surface area (Å²) in [5.41, 5.74) is 7.05. The maximum atomic E-state index is 11.9. The fourth-order valence-corrected chi connectivity index (χ4v) is 2.84. The highest BCUT2D eigenvalue weighted by molar-refractivity contribution is 7.08. The van der Waals surface area contributed by atoms with Crippen molar-refractivity contribution < 1.29 is 14.3 Å².